The molecule has 0 N–H and O–H groups in total. The molecule has 0 aliphatic rings. The van der Waals surface area contributed by atoms with E-state index in [0.29, 0.717) is 0 Å². The Bertz CT molecular complexity index is 593. The molecule has 0 aliphatic carbocycles. The molecule has 142 valence electrons. The average Bonchev–Trinajstić information content (AvgIpc) is 2.82. The van der Waals surface area contributed by atoms with Gasteiger partial charge in [-0.2, -0.15) is 5.10 Å². The van der Waals surface area contributed by atoms with E-state index in [9.17, 15) is 4.79 Å². The number of carbonyl (C=O) groups excluding carboxylic acids is 1. The van der Waals surface area contributed by atoms with E-state index in [1.807, 2.05) is 33.0 Å². The Kier molecular flexibility index (Phi) is 7.20. The third-order valence-corrected chi connectivity index (χ3v) is 8.77. The van der Waals surface area contributed by atoms with Gasteiger partial charge in [0.05, 0.1) is 6.20 Å². The molecule has 25 heavy (non-hydrogen) atoms. The summed E-state index contributed by atoms with van der Waals surface area (Å²) in [6, 6.07) is 0. The zero-order valence-electron chi connectivity index (χ0n) is 17.0. The van der Waals surface area contributed by atoms with E-state index < -0.39 is 13.9 Å². The standard InChI is InChI=1S/C19H34N2O3Si/c1-18(2,3)24-17(22)15-21-14-16(13-20-21)11-9-10-12-23-25(7,8)19(4,5)6/h9,11,13-14H,10,12,15H2,1-8H3/b11-9+. The molecule has 0 atom stereocenters. The second-order valence-corrected chi connectivity index (χ2v) is 13.7. The van der Waals surface area contributed by atoms with E-state index in [2.05, 4.69) is 45.0 Å². The van der Waals surface area contributed by atoms with Gasteiger partial charge in [0.25, 0.3) is 0 Å². The van der Waals surface area contributed by atoms with Crippen LogP contribution in [0.25, 0.3) is 6.08 Å². The van der Waals surface area contributed by atoms with Crippen molar-refractivity contribution >= 4 is 20.4 Å². The number of ether oxygens (including phenoxy) is 1. The van der Waals surface area contributed by atoms with Crippen LogP contribution in [-0.4, -0.2) is 36.3 Å². The van der Waals surface area contributed by atoms with Crippen LogP contribution in [0.5, 0.6) is 0 Å². The summed E-state index contributed by atoms with van der Waals surface area (Å²) in [5.41, 5.74) is 0.493. The van der Waals surface area contributed by atoms with Crippen molar-refractivity contribution in [2.75, 3.05) is 6.61 Å². The van der Waals surface area contributed by atoms with Crippen molar-refractivity contribution in [3.8, 4) is 0 Å². The molecule has 1 aromatic rings. The predicted octanol–water partition coefficient (Wildman–Crippen LogP) is 4.65. The highest BCUT2D eigenvalue weighted by Gasteiger charge is 2.36. The number of carbonyl (C=O) groups is 1. The molecule has 0 saturated heterocycles. The first kappa shape index (κ1) is 21.6. The highest BCUT2D eigenvalue weighted by atomic mass is 28.4. The van der Waals surface area contributed by atoms with E-state index >= 15 is 0 Å². The monoisotopic (exact) mass is 366 g/mol. The van der Waals surface area contributed by atoms with Crippen LogP contribution in [0.1, 0.15) is 53.5 Å². The van der Waals surface area contributed by atoms with Gasteiger partial charge < -0.3 is 9.16 Å². The minimum atomic E-state index is -1.67. The van der Waals surface area contributed by atoms with E-state index in [1.165, 1.54) is 0 Å². The number of rotatable bonds is 7. The molecular weight excluding hydrogens is 332 g/mol. The highest BCUT2D eigenvalue weighted by molar-refractivity contribution is 6.74. The number of nitrogens with zero attached hydrogens (tertiary/aromatic N) is 2. The van der Waals surface area contributed by atoms with Crippen molar-refractivity contribution < 1.29 is 14.0 Å². The van der Waals surface area contributed by atoms with Gasteiger partial charge in [-0.1, -0.05) is 32.9 Å². The van der Waals surface area contributed by atoms with Gasteiger partial charge in [0, 0.05) is 18.4 Å². The quantitative estimate of drug-likeness (QED) is 0.400. The maximum atomic E-state index is 11.8. The van der Waals surface area contributed by atoms with E-state index in [-0.39, 0.29) is 17.6 Å². The summed E-state index contributed by atoms with van der Waals surface area (Å²) in [4.78, 5) is 11.8. The second kappa shape index (κ2) is 8.32. The molecular formula is C19H34N2O3Si. The molecule has 0 aliphatic heterocycles. The Balaban J connectivity index is 2.43. The van der Waals surface area contributed by atoms with E-state index in [4.69, 9.17) is 9.16 Å². The Hall–Kier alpha value is -1.40. The molecule has 1 rings (SSSR count). The zero-order chi connectivity index (χ0) is 19.3. The fraction of sp³-hybridized carbons (Fsp3) is 0.684. The first-order valence-corrected chi connectivity index (χ1v) is 11.8. The van der Waals surface area contributed by atoms with Crippen molar-refractivity contribution in [1.82, 2.24) is 9.78 Å². The lowest BCUT2D eigenvalue weighted by molar-refractivity contribution is -0.155. The number of hydrogen-bond donors (Lipinski definition) is 0. The lowest BCUT2D eigenvalue weighted by Gasteiger charge is -2.36. The van der Waals surface area contributed by atoms with Gasteiger partial charge in [0.15, 0.2) is 8.32 Å². The van der Waals surface area contributed by atoms with Crippen molar-refractivity contribution in [2.24, 2.45) is 0 Å². The van der Waals surface area contributed by atoms with Gasteiger partial charge in [-0.15, -0.1) is 0 Å². The molecule has 6 heteroatoms. The minimum absolute atomic E-state index is 0.125. The summed E-state index contributed by atoms with van der Waals surface area (Å²) in [7, 11) is -1.67. The first-order valence-electron chi connectivity index (χ1n) is 8.85. The summed E-state index contributed by atoms with van der Waals surface area (Å²) in [6.07, 6.45) is 8.55. The minimum Gasteiger partial charge on any atom is -0.459 e. The Morgan fingerprint density at radius 1 is 1.24 bits per heavy atom. The van der Waals surface area contributed by atoms with Gasteiger partial charge in [-0.25, -0.2) is 0 Å². The molecule has 0 spiro atoms. The molecule has 1 heterocycles. The summed E-state index contributed by atoms with van der Waals surface area (Å²) in [5, 5.41) is 4.43. The summed E-state index contributed by atoms with van der Waals surface area (Å²) >= 11 is 0. The van der Waals surface area contributed by atoms with Gasteiger partial charge in [-0.05, 0) is 45.3 Å². The van der Waals surface area contributed by atoms with Crippen LogP contribution < -0.4 is 0 Å². The van der Waals surface area contributed by atoms with Crippen LogP contribution in [0.3, 0.4) is 0 Å². The first-order chi connectivity index (χ1) is 11.3. The smallest absolute Gasteiger partial charge is 0.328 e. The SMILES string of the molecule is CC(C)(C)OC(=O)Cn1cc(/C=C/CCO[Si](C)(C)C(C)(C)C)cn1. The Morgan fingerprint density at radius 3 is 2.44 bits per heavy atom. The fourth-order valence-corrected chi connectivity index (χ4v) is 2.94. The van der Waals surface area contributed by atoms with E-state index in [0.717, 1.165) is 18.6 Å². The van der Waals surface area contributed by atoms with Crippen LogP contribution in [0, 0.1) is 0 Å². The second-order valence-electron chi connectivity index (χ2n) is 8.86. The molecule has 5 nitrogen and oxygen atoms in total. The van der Waals surface area contributed by atoms with Crippen LogP contribution in [0.4, 0.5) is 0 Å². The summed E-state index contributed by atoms with van der Waals surface area (Å²) in [6.45, 7) is 17.7. The van der Waals surface area contributed by atoms with Gasteiger partial charge in [-0.3, -0.25) is 9.48 Å². The molecule has 0 bridgehead atoms. The van der Waals surface area contributed by atoms with Crippen LogP contribution >= 0.6 is 0 Å². The maximum absolute atomic E-state index is 11.8. The predicted molar refractivity (Wildman–Crippen MR) is 105 cm³/mol. The highest BCUT2D eigenvalue weighted by Crippen LogP contribution is 2.36. The van der Waals surface area contributed by atoms with Gasteiger partial charge >= 0.3 is 5.97 Å². The molecule has 0 fully saturated rings. The summed E-state index contributed by atoms with van der Waals surface area (Å²) in [5.74, 6) is -0.283. The maximum Gasteiger partial charge on any atom is 0.328 e. The van der Waals surface area contributed by atoms with Crippen LogP contribution in [0.2, 0.25) is 18.1 Å². The topological polar surface area (TPSA) is 53.4 Å². The normalized spacial score (nSPS) is 13.4. The largest absolute Gasteiger partial charge is 0.459 e. The molecule has 1 aromatic heterocycles. The van der Waals surface area contributed by atoms with Crippen molar-refractivity contribution in [3.05, 3.63) is 24.0 Å². The van der Waals surface area contributed by atoms with Crippen molar-refractivity contribution in [1.29, 1.82) is 0 Å². The average molecular weight is 367 g/mol. The molecule has 0 amide bonds. The lowest BCUT2D eigenvalue weighted by Crippen LogP contribution is -2.40. The summed E-state index contributed by atoms with van der Waals surface area (Å²) < 4.78 is 13.0. The third-order valence-electron chi connectivity index (χ3n) is 4.23. The van der Waals surface area contributed by atoms with Gasteiger partial charge in [0.1, 0.15) is 12.1 Å². The number of aromatic nitrogens is 2. The van der Waals surface area contributed by atoms with Crippen LogP contribution in [0.15, 0.2) is 18.5 Å². The Morgan fingerprint density at radius 2 is 1.88 bits per heavy atom. The molecule has 0 aromatic carbocycles. The third kappa shape index (κ3) is 8.01. The molecule has 0 unspecified atom stereocenters. The van der Waals surface area contributed by atoms with Crippen LogP contribution in [-0.2, 0) is 20.5 Å². The molecule has 0 saturated carbocycles. The zero-order valence-corrected chi connectivity index (χ0v) is 18.0. The Labute approximate surface area is 153 Å². The number of esters is 1. The molecule has 0 radical (unpaired) electrons. The fourth-order valence-electron chi connectivity index (χ4n) is 1.88. The van der Waals surface area contributed by atoms with E-state index in [1.54, 1.807) is 10.9 Å². The van der Waals surface area contributed by atoms with Crippen molar-refractivity contribution in [3.63, 3.8) is 0 Å². The van der Waals surface area contributed by atoms with Gasteiger partial charge in [0.2, 0.25) is 0 Å². The van der Waals surface area contributed by atoms with Crippen molar-refractivity contribution in [2.45, 2.75) is 78.2 Å². The number of hydrogen-bond acceptors (Lipinski definition) is 4. The lowest BCUT2D eigenvalue weighted by atomic mass is 10.2.